The molecule has 21 heavy (non-hydrogen) atoms. The van der Waals surface area contributed by atoms with Gasteiger partial charge in [0.1, 0.15) is 5.60 Å². The molecular weight excluding hydrogens is 270 g/mol. The van der Waals surface area contributed by atoms with E-state index >= 15 is 0 Å². The summed E-state index contributed by atoms with van der Waals surface area (Å²) in [7, 11) is 0. The highest BCUT2D eigenvalue weighted by atomic mass is 16.6. The molecule has 3 rings (SSSR count). The van der Waals surface area contributed by atoms with Gasteiger partial charge < -0.3 is 14.4 Å². The standard InChI is InChI=1S/C15H23N3O3/c1-15(2,3)21-14(19)17-6-7-18-12(10-17)11(9-16-18)13-5-4-8-20-13/h9,13H,4-8,10H2,1-3H3. The van der Waals surface area contributed by atoms with Gasteiger partial charge in [-0.25, -0.2) is 4.79 Å². The minimum Gasteiger partial charge on any atom is -0.444 e. The zero-order chi connectivity index (χ0) is 15.0. The first-order valence-electron chi connectivity index (χ1n) is 7.58. The smallest absolute Gasteiger partial charge is 0.410 e. The predicted molar refractivity (Wildman–Crippen MR) is 76.8 cm³/mol. The van der Waals surface area contributed by atoms with Gasteiger partial charge in [-0.05, 0) is 33.6 Å². The Kier molecular flexibility index (Phi) is 3.65. The minimum atomic E-state index is -0.466. The Hall–Kier alpha value is -1.56. The fraction of sp³-hybridized carbons (Fsp3) is 0.733. The van der Waals surface area contributed by atoms with Gasteiger partial charge in [0.25, 0.3) is 0 Å². The molecule has 0 aromatic carbocycles. The summed E-state index contributed by atoms with van der Waals surface area (Å²) < 4.78 is 13.2. The summed E-state index contributed by atoms with van der Waals surface area (Å²) in [5.74, 6) is 0. The predicted octanol–water partition coefficient (Wildman–Crippen LogP) is 2.49. The van der Waals surface area contributed by atoms with Gasteiger partial charge >= 0.3 is 6.09 Å². The third-order valence-electron chi connectivity index (χ3n) is 3.83. The first-order valence-corrected chi connectivity index (χ1v) is 7.58. The molecule has 1 atom stereocenters. The summed E-state index contributed by atoms with van der Waals surface area (Å²) in [4.78, 5) is 14.0. The van der Waals surface area contributed by atoms with Gasteiger partial charge in [0, 0.05) is 18.7 Å². The fourth-order valence-electron chi connectivity index (χ4n) is 2.84. The summed E-state index contributed by atoms with van der Waals surface area (Å²) in [6.45, 7) is 8.36. The molecule has 6 nitrogen and oxygen atoms in total. The lowest BCUT2D eigenvalue weighted by molar-refractivity contribution is 0.0190. The minimum absolute atomic E-state index is 0.132. The van der Waals surface area contributed by atoms with Crippen LogP contribution in [0.3, 0.4) is 0 Å². The topological polar surface area (TPSA) is 56.6 Å². The molecule has 1 saturated heterocycles. The third-order valence-corrected chi connectivity index (χ3v) is 3.83. The second-order valence-electron chi connectivity index (χ2n) is 6.67. The Morgan fingerprint density at radius 2 is 2.24 bits per heavy atom. The zero-order valence-electron chi connectivity index (χ0n) is 13.0. The first-order chi connectivity index (χ1) is 9.94. The number of rotatable bonds is 1. The van der Waals surface area contributed by atoms with Crippen LogP contribution in [-0.2, 0) is 22.6 Å². The Balaban J connectivity index is 1.75. The van der Waals surface area contributed by atoms with Gasteiger partial charge in [0.05, 0.1) is 31.1 Å². The number of hydrogen-bond acceptors (Lipinski definition) is 4. The molecular formula is C15H23N3O3. The van der Waals surface area contributed by atoms with Crippen LogP contribution in [0.2, 0.25) is 0 Å². The molecule has 116 valence electrons. The number of nitrogens with zero attached hydrogens (tertiary/aromatic N) is 3. The van der Waals surface area contributed by atoms with Crippen LogP contribution in [0.15, 0.2) is 6.20 Å². The zero-order valence-corrected chi connectivity index (χ0v) is 13.0. The highest BCUT2D eigenvalue weighted by molar-refractivity contribution is 5.68. The highest BCUT2D eigenvalue weighted by Gasteiger charge is 2.30. The van der Waals surface area contributed by atoms with E-state index in [2.05, 4.69) is 5.10 Å². The number of carbonyl (C=O) groups excluding carboxylic acids is 1. The van der Waals surface area contributed by atoms with Gasteiger partial charge in [-0.3, -0.25) is 4.68 Å². The number of aromatic nitrogens is 2. The molecule has 0 spiro atoms. The van der Waals surface area contributed by atoms with E-state index in [0.29, 0.717) is 19.6 Å². The maximum absolute atomic E-state index is 12.2. The maximum Gasteiger partial charge on any atom is 0.410 e. The van der Waals surface area contributed by atoms with Crippen LogP contribution < -0.4 is 0 Å². The van der Waals surface area contributed by atoms with Crippen molar-refractivity contribution in [2.24, 2.45) is 0 Å². The third kappa shape index (κ3) is 3.05. The van der Waals surface area contributed by atoms with E-state index in [1.807, 2.05) is 31.6 Å². The quantitative estimate of drug-likeness (QED) is 0.798. The van der Waals surface area contributed by atoms with Crippen molar-refractivity contribution in [3.05, 3.63) is 17.5 Å². The lowest BCUT2D eigenvalue weighted by Crippen LogP contribution is -2.41. The summed E-state index contributed by atoms with van der Waals surface area (Å²) in [6, 6.07) is 0. The molecule has 0 N–H and O–H groups in total. The largest absolute Gasteiger partial charge is 0.444 e. The summed E-state index contributed by atoms with van der Waals surface area (Å²) in [5, 5.41) is 4.43. The number of carbonyl (C=O) groups is 1. The number of amides is 1. The Labute approximate surface area is 125 Å². The van der Waals surface area contributed by atoms with Crippen LogP contribution in [0.1, 0.15) is 51.0 Å². The van der Waals surface area contributed by atoms with E-state index in [-0.39, 0.29) is 12.2 Å². The maximum atomic E-state index is 12.2. The molecule has 1 unspecified atom stereocenters. The van der Waals surface area contributed by atoms with Crippen LogP contribution in [0.5, 0.6) is 0 Å². The first kappa shape index (κ1) is 14.4. The SMILES string of the molecule is CC(C)(C)OC(=O)N1CCn2ncc(C3CCCO3)c2C1. The van der Waals surface area contributed by atoms with E-state index in [0.717, 1.165) is 30.7 Å². The van der Waals surface area contributed by atoms with E-state index in [1.54, 1.807) is 4.90 Å². The van der Waals surface area contributed by atoms with Crippen LogP contribution in [-0.4, -0.2) is 39.5 Å². The lowest BCUT2D eigenvalue weighted by Gasteiger charge is -2.31. The van der Waals surface area contributed by atoms with Crippen LogP contribution in [0.25, 0.3) is 0 Å². The van der Waals surface area contributed by atoms with Crippen molar-refractivity contribution in [2.75, 3.05) is 13.2 Å². The summed E-state index contributed by atoms with van der Waals surface area (Å²) >= 11 is 0. The van der Waals surface area contributed by atoms with E-state index in [4.69, 9.17) is 9.47 Å². The van der Waals surface area contributed by atoms with Crippen LogP contribution >= 0.6 is 0 Å². The Morgan fingerprint density at radius 1 is 1.43 bits per heavy atom. The van der Waals surface area contributed by atoms with Crippen LogP contribution in [0.4, 0.5) is 4.79 Å². The average Bonchev–Trinajstić information content (AvgIpc) is 3.04. The van der Waals surface area contributed by atoms with Crippen molar-refractivity contribution >= 4 is 6.09 Å². The second-order valence-corrected chi connectivity index (χ2v) is 6.67. The van der Waals surface area contributed by atoms with Gasteiger partial charge in [0.15, 0.2) is 0 Å². The van der Waals surface area contributed by atoms with Crippen molar-refractivity contribution in [3.8, 4) is 0 Å². The van der Waals surface area contributed by atoms with Gasteiger partial charge in [0.2, 0.25) is 0 Å². The second kappa shape index (κ2) is 5.33. The van der Waals surface area contributed by atoms with Crippen molar-refractivity contribution in [1.82, 2.24) is 14.7 Å². The molecule has 1 fully saturated rings. The molecule has 1 aromatic heterocycles. The van der Waals surface area contributed by atoms with Gasteiger partial charge in [-0.2, -0.15) is 5.10 Å². The van der Waals surface area contributed by atoms with Gasteiger partial charge in [-0.15, -0.1) is 0 Å². The average molecular weight is 293 g/mol. The molecule has 2 aliphatic heterocycles. The molecule has 0 radical (unpaired) electrons. The highest BCUT2D eigenvalue weighted by Crippen LogP contribution is 2.32. The molecule has 3 heterocycles. The Bertz CT molecular complexity index is 527. The van der Waals surface area contributed by atoms with E-state index in [1.165, 1.54) is 0 Å². The van der Waals surface area contributed by atoms with Crippen molar-refractivity contribution in [2.45, 2.75) is 58.4 Å². The number of hydrogen-bond donors (Lipinski definition) is 0. The number of fused-ring (bicyclic) bond motifs is 1. The molecule has 0 saturated carbocycles. The molecule has 0 bridgehead atoms. The van der Waals surface area contributed by atoms with Gasteiger partial charge in [-0.1, -0.05) is 0 Å². The van der Waals surface area contributed by atoms with E-state index in [9.17, 15) is 4.79 Å². The fourth-order valence-corrected chi connectivity index (χ4v) is 2.84. The summed E-state index contributed by atoms with van der Waals surface area (Å²) in [6.07, 6.45) is 3.89. The number of ether oxygens (including phenoxy) is 2. The van der Waals surface area contributed by atoms with E-state index < -0.39 is 5.60 Å². The molecule has 1 aromatic rings. The Morgan fingerprint density at radius 3 is 2.90 bits per heavy atom. The summed E-state index contributed by atoms with van der Waals surface area (Å²) in [5.41, 5.74) is 1.74. The normalized spacial score (nSPS) is 22.2. The van der Waals surface area contributed by atoms with Crippen molar-refractivity contribution < 1.29 is 14.3 Å². The molecule has 1 amide bonds. The van der Waals surface area contributed by atoms with Crippen LogP contribution in [0, 0.1) is 0 Å². The molecule has 2 aliphatic rings. The molecule has 0 aliphatic carbocycles. The van der Waals surface area contributed by atoms with Crippen molar-refractivity contribution in [1.29, 1.82) is 0 Å². The monoisotopic (exact) mass is 293 g/mol. The van der Waals surface area contributed by atoms with Crippen molar-refractivity contribution in [3.63, 3.8) is 0 Å². The molecule has 6 heteroatoms. The lowest BCUT2D eigenvalue weighted by atomic mass is 10.1.